The summed E-state index contributed by atoms with van der Waals surface area (Å²) in [5, 5.41) is 12.4. The standard InChI is InChI=1S/C30H58N4O5S/c1-9-10-11-12-13-14-15-16-18-31-30(37)34-27(24(6)7)29(36)33-26(21-23(4)5)28(35)32-25(20-22(2)3)17-19-40(8,38)39/h17,19,22-27H,9-16,18,20-21H2,1-8H3,(H,32,35)(H,33,36)(H2,31,34,37)/b19-17+/t25-,26+,27+/m1/s1. The first-order chi connectivity index (χ1) is 18.7. The molecule has 234 valence electrons. The number of urea groups is 1. The molecule has 0 bridgehead atoms. The summed E-state index contributed by atoms with van der Waals surface area (Å²) in [4.78, 5) is 39.0. The van der Waals surface area contributed by atoms with E-state index in [1.54, 1.807) is 0 Å². The Bertz CT molecular complexity index is 871. The highest BCUT2D eigenvalue weighted by Gasteiger charge is 2.30. The lowest BCUT2D eigenvalue weighted by atomic mass is 9.99. The molecule has 0 spiro atoms. The van der Waals surface area contributed by atoms with Crippen molar-refractivity contribution in [1.29, 1.82) is 0 Å². The van der Waals surface area contributed by atoms with Gasteiger partial charge in [0.15, 0.2) is 9.84 Å². The molecule has 0 aliphatic carbocycles. The highest BCUT2D eigenvalue weighted by Crippen LogP contribution is 2.12. The fourth-order valence-corrected chi connectivity index (χ4v) is 4.84. The van der Waals surface area contributed by atoms with Gasteiger partial charge in [-0.25, -0.2) is 13.2 Å². The number of carbonyl (C=O) groups excluding carboxylic acids is 3. The van der Waals surface area contributed by atoms with Crippen molar-refractivity contribution in [3.63, 3.8) is 0 Å². The quantitative estimate of drug-likeness (QED) is 0.139. The molecule has 40 heavy (non-hydrogen) atoms. The van der Waals surface area contributed by atoms with Crippen LogP contribution in [0.2, 0.25) is 0 Å². The van der Waals surface area contributed by atoms with Crippen molar-refractivity contribution in [2.45, 2.75) is 131 Å². The molecule has 4 N–H and O–H groups in total. The van der Waals surface area contributed by atoms with Gasteiger partial charge >= 0.3 is 6.03 Å². The molecule has 4 amide bonds. The fraction of sp³-hybridized carbons (Fsp3) is 0.833. The van der Waals surface area contributed by atoms with Gasteiger partial charge in [-0.1, -0.05) is 99.5 Å². The Morgan fingerprint density at radius 1 is 0.725 bits per heavy atom. The molecule has 0 radical (unpaired) electrons. The van der Waals surface area contributed by atoms with Crippen LogP contribution in [0.25, 0.3) is 0 Å². The van der Waals surface area contributed by atoms with Crippen molar-refractivity contribution in [2.75, 3.05) is 12.8 Å². The van der Waals surface area contributed by atoms with Crippen molar-refractivity contribution >= 4 is 27.7 Å². The summed E-state index contributed by atoms with van der Waals surface area (Å²) in [5.74, 6) is -0.668. The third-order valence-electron chi connectivity index (χ3n) is 6.50. The zero-order valence-corrected chi connectivity index (χ0v) is 27.2. The Morgan fingerprint density at radius 3 is 1.77 bits per heavy atom. The number of hydrogen-bond acceptors (Lipinski definition) is 5. The van der Waals surface area contributed by atoms with Gasteiger partial charge in [0.1, 0.15) is 12.1 Å². The number of amides is 4. The maximum absolute atomic E-state index is 13.2. The molecule has 0 aromatic heterocycles. The van der Waals surface area contributed by atoms with Gasteiger partial charge in [0.2, 0.25) is 11.8 Å². The van der Waals surface area contributed by atoms with Gasteiger partial charge in [-0.3, -0.25) is 9.59 Å². The predicted molar refractivity (Wildman–Crippen MR) is 165 cm³/mol. The first kappa shape index (κ1) is 37.9. The summed E-state index contributed by atoms with van der Waals surface area (Å²) in [5.41, 5.74) is 0. The molecule has 0 rings (SSSR count). The van der Waals surface area contributed by atoms with E-state index in [9.17, 15) is 22.8 Å². The minimum absolute atomic E-state index is 0.117. The van der Waals surface area contributed by atoms with Crippen LogP contribution < -0.4 is 21.3 Å². The van der Waals surface area contributed by atoms with E-state index in [1.165, 1.54) is 38.2 Å². The maximum Gasteiger partial charge on any atom is 0.315 e. The summed E-state index contributed by atoms with van der Waals surface area (Å²) < 4.78 is 23.2. The Balaban J connectivity index is 5.10. The van der Waals surface area contributed by atoms with Crippen molar-refractivity contribution in [2.24, 2.45) is 17.8 Å². The lowest BCUT2D eigenvalue weighted by Crippen LogP contribution is -2.57. The summed E-state index contributed by atoms with van der Waals surface area (Å²) in [6.07, 6.45) is 12.9. The Morgan fingerprint density at radius 2 is 1.27 bits per heavy atom. The number of unbranched alkanes of at least 4 members (excludes halogenated alkanes) is 7. The highest BCUT2D eigenvalue weighted by atomic mass is 32.2. The van der Waals surface area contributed by atoms with E-state index < -0.39 is 39.9 Å². The smallest absolute Gasteiger partial charge is 0.315 e. The van der Waals surface area contributed by atoms with Gasteiger partial charge in [0.05, 0.1) is 0 Å². The van der Waals surface area contributed by atoms with Crippen molar-refractivity contribution in [3.8, 4) is 0 Å². The monoisotopic (exact) mass is 586 g/mol. The third-order valence-corrected chi connectivity index (χ3v) is 7.15. The van der Waals surface area contributed by atoms with Crippen LogP contribution >= 0.6 is 0 Å². The molecule has 10 heteroatoms. The Kier molecular flexibility index (Phi) is 19.6. The van der Waals surface area contributed by atoms with Gasteiger partial charge in [-0.2, -0.15) is 0 Å². The van der Waals surface area contributed by atoms with E-state index in [0.717, 1.165) is 30.9 Å². The van der Waals surface area contributed by atoms with Crippen molar-refractivity contribution in [1.82, 2.24) is 21.3 Å². The fourth-order valence-electron chi connectivity index (χ4n) is 4.37. The first-order valence-corrected chi connectivity index (χ1v) is 17.1. The van der Waals surface area contributed by atoms with Crippen LogP contribution in [0, 0.1) is 17.8 Å². The number of nitrogens with one attached hydrogen (secondary N) is 4. The lowest BCUT2D eigenvalue weighted by Gasteiger charge is -2.27. The Labute approximate surface area is 244 Å². The topological polar surface area (TPSA) is 133 Å². The van der Waals surface area contributed by atoms with E-state index in [4.69, 9.17) is 0 Å². The van der Waals surface area contributed by atoms with Gasteiger partial charge in [-0.15, -0.1) is 0 Å². The summed E-state index contributed by atoms with van der Waals surface area (Å²) in [6.45, 7) is 14.3. The van der Waals surface area contributed by atoms with E-state index in [0.29, 0.717) is 19.4 Å². The molecule has 0 aromatic carbocycles. The summed E-state index contributed by atoms with van der Waals surface area (Å²) >= 11 is 0. The molecule has 0 fully saturated rings. The predicted octanol–water partition coefficient (Wildman–Crippen LogP) is 5.07. The van der Waals surface area contributed by atoms with E-state index in [-0.39, 0.29) is 23.7 Å². The second kappa shape index (κ2) is 20.7. The second-order valence-electron chi connectivity index (χ2n) is 12.2. The van der Waals surface area contributed by atoms with Crippen LogP contribution in [0.1, 0.15) is 113 Å². The normalized spacial score (nSPS) is 14.4. The van der Waals surface area contributed by atoms with Crippen molar-refractivity contribution in [3.05, 3.63) is 11.5 Å². The minimum Gasteiger partial charge on any atom is -0.348 e. The number of carbonyl (C=O) groups is 3. The second-order valence-corrected chi connectivity index (χ2v) is 14.1. The van der Waals surface area contributed by atoms with Crippen molar-refractivity contribution < 1.29 is 22.8 Å². The average molecular weight is 587 g/mol. The molecule has 0 aliphatic heterocycles. The summed E-state index contributed by atoms with van der Waals surface area (Å²) in [6, 6.07) is -2.52. The molecule has 0 saturated carbocycles. The van der Waals surface area contributed by atoms with Crippen LogP contribution in [0.5, 0.6) is 0 Å². The number of sulfone groups is 1. The summed E-state index contributed by atoms with van der Waals surface area (Å²) in [7, 11) is -3.35. The first-order valence-electron chi connectivity index (χ1n) is 15.2. The van der Waals surface area contributed by atoms with E-state index in [1.807, 2.05) is 41.5 Å². The molecule has 0 saturated heterocycles. The van der Waals surface area contributed by atoms with Crippen LogP contribution in [0.3, 0.4) is 0 Å². The van der Waals surface area contributed by atoms with Gasteiger partial charge < -0.3 is 21.3 Å². The molecule has 0 aliphatic rings. The third kappa shape index (κ3) is 19.9. The molecule has 3 atom stereocenters. The van der Waals surface area contributed by atoms with Crippen LogP contribution in [-0.2, 0) is 19.4 Å². The number of hydrogen-bond donors (Lipinski definition) is 4. The largest absolute Gasteiger partial charge is 0.348 e. The van der Waals surface area contributed by atoms with Crippen LogP contribution in [0.15, 0.2) is 11.5 Å². The van der Waals surface area contributed by atoms with Gasteiger partial charge in [0, 0.05) is 24.3 Å². The lowest BCUT2D eigenvalue weighted by molar-refractivity contribution is -0.131. The minimum atomic E-state index is -3.35. The maximum atomic E-state index is 13.2. The molecular weight excluding hydrogens is 528 g/mol. The van der Waals surface area contributed by atoms with E-state index in [2.05, 4.69) is 28.2 Å². The zero-order chi connectivity index (χ0) is 30.7. The average Bonchev–Trinajstić information content (AvgIpc) is 2.83. The van der Waals surface area contributed by atoms with Crippen LogP contribution in [-0.4, -0.2) is 57.2 Å². The van der Waals surface area contributed by atoms with Crippen LogP contribution in [0.4, 0.5) is 4.79 Å². The van der Waals surface area contributed by atoms with Gasteiger partial charge in [-0.05, 0) is 37.0 Å². The molecule has 0 heterocycles. The molecule has 0 unspecified atom stereocenters. The molecule has 0 aromatic rings. The SMILES string of the molecule is CCCCCCCCCCNC(=O)N[C@H](C(=O)N[C@@H](CC(C)C)C(=O)N[C@H](/C=C/S(C)(=O)=O)CC(C)C)C(C)C. The Hall–Kier alpha value is -2.10. The van der Waals surface area contributed by atoms with Gasteiger partial charge in [0.25, 0.3) is 0 Å². The highest BCUT2D eigenvalue weighted by molar-refractivity contribution is 7.93. The molecular formula is C30H58N4O5S. The zero-order valence-electron chi connectivity index (χ0n) is 26.3. The molecule has 9 nitrogen and oxygen atoms in total. The number of rotatable bonds is 21. The van der Waals surface area contributed by atoms with E-state index >= 15 is 0 Å².